The van der Waals surface area contributed by atoms with E-state index in [9.17, 15) is 0 Å². The Kier molecular flexibility index (Phi) is 4.98. The number of nitrogens with two attached hydrogens (primary N) is 1. The van der Waals surface area contributed by atoms with Crippen LogP contribution in [0.3, 0.4) is 0 Å². The molecule has 0 atom stereocenters. The average molecular weight is 295 g/mol. The molecule has 0 spiro atoms. The first-order chi connectivity index (χ1) is 9.61. The first-order valence-corrected chi connectivity index (χ1v) is 6.96. The molecule has 1 heterocycles. The van der Waals surface area contributed by atoms with Gasteiger partial charge >= 0.3 is 0 Å². The van der Waals surface area contributed by atoms with Crippen molar-refractivity contribution in [3.63, 3.8) is 0 Å². The van der Waals surface area contributed by atoms with E-state index in [1.807, 2.05) is 16.8 Å². The number of halogens is 1. The summed E-state index contributed by atoms with van der Waals surface area (Å²) in [7, 11) is 0. The second-order valence-corrected chi connectivity index (χ2v) is 5.38. The van der Waals surface area contributed by atoms with Crippen molar-refractivity contribution in [1.82, 2.24) is 14.8 Å². The Bertz CT molecular complexity index is 568. The smallest absolute Gasteiger partial charge is 0.164 e. The van der Waals surface area contributed by atoms with E-state index in [0.29, 0.717) is 29.8 Å². The molecule has 0 radical (unpaired) electrons. The summed E-state index contributed by atoms with van der Waals surface area (Å²) in [5, 5.41) is 4.76. The topological polar surface area (TPSA) is 66.0 Å². The van der Waals surface area contributed by atoms with E-state index >= 15 is 0 Å². The minimum absolute atomic E-state index is 0.323. The fourth-order valence-electron chi connectivity index (χ4n) is 1.91. The maximum Gasteiger partial charge on any atom is 0.164 e. The quantitative estimate of drug-likeness (QED) is 0.889. The van der Waals surface area contributed by atoms with Crippen molar-refractivity contribution in [1.29, 1.82) is 0 Å². The number of hydrogen-bond donors (Lipinski definition) is 1. The highest BCUT2D eigenvalue weighted by atomic mass is 35.5. The van der Waals surface area contributed by atoms with Crippen LogP contribution in [0.15, 0.2) is 24.5 Å². The zero-order valence-corrected chi connectivity index (χ0v) is 12.5. The molecule has 0 bridgehead atoms. The highest BCUT2D eigenvalue weighted by Crippen LogP contribution is 2.28. The summed E-state index contributed by atoms with van der Waals surface area (Å²) in [5.74, 6) is 1.90. The van der Waals surface area contributed by atoms with Gasteiger partial charge in [0.25, 0.3) is 0 Å². The monoisotopic (exact) mass is 294 g/mol. The SMILES string of the molecule is CC(C)Cn1ncnc1COc1c(Cl)cccc1CN. The molecule has 2 N–H and O–H groups in total. The summed E-state index contributed by atoms with van der Waals surface area (Å²) >= 11 is 6.15. The summed E-state index contributed by atoms with van der Waals surface area (Å²) < 4.78 is 7.64. The summed E-state index contributed by atoms with van der Waals surface area (Å²) in [4.78, 5) is 4.22. The van der Waals surface area contributed by atoms with E-state index in [0.717, 1.165) is 17.9 Å². The van der Waals surface area contributed by atoms with Gasteiger partial charge in [0.15, 0.2) is 5.82 Å². The molecular formula is C14H19ClN4O. The first-order valence-electron chi connectivity index (χ1n) is 6.58. The summed E-state index contributed by atoms with van der Waals surface area (Å²) in [6.07, 6.45) is 1.54. The molecule has 2 aromatic rings. The Morgan fingerprint density at radius 1 is 1.40 bits per heavy atom. The normalized spacial score (nSPS) is 11.1. The number of para-hydroxylation sites is 1. The van der Waals surface area contributed by atoms with Crippen LogP contribution in [0.1, 0.15) is 25.2 Å². The lowest BCUT2D eigenvalue weighted by Gasteiger charge is -2.13. The van der Waals surface area contributed by atoms with E-state index in [2.05, 4.69) is 23.9 Å². The number of benzene rings is 1. The lowest BCUT2D eigenvalue weighted by Crippen LogP contribution is -2.13. The van der Waals surface area contributed by atoms with Crippen LogP contribution < -0.4 is 10.5 Å². The Hall–Kier alpha value is -1.59. The van der Waals surface area contributed by atoms with Crippen molar-refractivity contribution in [3.8, 4) is 5.75 Å². The van der Waals surface area contributed by atoms with Gasteiger partial charge in [0.2, 0.25) is 0 Å². The van der Waals surface area contributed by atoms with Gasteiger partial charge in [-0.2, -0.15) is 5.10 Å². The van der Waals surface area contributed by atoms with Crippen LogP contribution in [0, 0.1) is 5.92 Å². The lowest BCUT2D eigenvalue weighted by atomic mass is 10.2. The molecule has 5 nitrogen and oxygen atoms in total. The molecule has 0 fully saturated rings. The third-order valence-corrected chi connectivity index (χ3v) is 3.15. The van der Waals surface area contributed by atoms with E-state index in [-0.39, 0.29) is 0 Å². The number of hydrogen-bond acceptors (Lipinski definition) is 4. The molecule has 1 aromatic heterocycles. The van der Waals surface area contributed by atoms with Gasteiger partial charge in [-0.15, -0.1) is 0 Å². The van der Waals surface area contributed by atoms with Gasteiger partial charge in [0, 0.05) is 18.7 Å². The standard InChI is InChI=1S/C14H19ClN4O/c1-10(2)7-19-13(17-9-18-19)8-20-14-11(6-16)4-3-5-12(14)15/h3-5,9-10H,6-8,16H2,1-2H3. The summed E-state index contributed by atoms with van der Waals surface area (Å²) in [6, 6.07) is 5.55. The van der Waals surface area contributed by atoms with Gasteiger partial charge in [-0.05, 0) is 12.0 Å². The molecule has 0 aliphatic heterocycles. The Balaban J connectivity index is 2.11. The van der Waals surface area contributed by atoms with Gasteiger partial charge in [0.1, 0.15) is 18.7 Å². The predicted molar refractivity (Wildman–Crippen MR) is 78.5 cm³/mol. The fourth-order valence-corrected chi connectivity index (χ4v) is 2.16. The molecule has 2 rings (SSSR count). The molecule has 0 unspecified atom stereocenters. The van der Waals surface area contributed by atoms with Crippen molar-refractivity contribution < 1.29 is 4.74 Å². The molecule has 108 valence electrons. The second kappa shape index (κ2) is 6.72. The minimum atomic E-state index is 0.323. The highest BCUT2D eigenvalue weighted by molar-refractivity contribution is 6.32. The molecule has 20 heavy (non-hydrogen) atoms. The van der Waals surface area contributed by atoms with Crippen LogP contribution in [-0.4, -0.2) is 14.8 Å². The Morgan fingerprint density at radius 2 is 2.20 bits per heavy atom. The maximum absolute atomic E-state index is 6.15. The molecule has 0 aliphatic rings. The third kappa shape index (κ3) is 3.49. The number of ether oxygens (including phenoxy) is 1. The van der Waals surface area contributed by atoms with Crippen LogP contribution in [0.2, 0.25) is 5.02 Å². The minimum Gasteiger partial charge on any atom is -0.484 e. The van der Waals surface area contributed by atoms with E-state index in [4.69, 9.17) is 22.1 Å². The number of rotatable bonds is 6. The third-order valence-electron chi connectivity index (χ3n) is 2.85. The summed E-state index contributed by atoms with van der Waals surface area (Å²) in [6.45, 7) is 5.78. The molecule has 0 aliphatic carbocycles. The van der Waals surface area contributed by atoms with Crippen molar-refractivity contribution in [3.05, 3.63) is 40.9 Å². The molecule has 1 aromatic carbocycles. The zero-order chi connectivity index (χ0) is 14.5. The number of aromatic nitrogens is 3. The maximum atomic E-state index is 6.15. The van der Waals surface area contributed by atoms with Crippen molar-refractivity contribution >= 4 is 11.6 Å². The van der Waals surface area contributed by atoms with E-state index in [1.165, 1.54) is 6.33 Å². The van der Waals surface area contributed by atoms with Crippen LogP contribution in [0.4, 0.5) is 0 Å². The van der Waals surface area contributed by atoms with Crippen molar-refractivity contribution in [2.24, 2.45) is 11.7 Å². The molecular weight excluding hydrogens is 276 g/mol. The number of nitrogens with zero attached hydrogens (tertiary/aromatic N) is 3. The predicted octanol–water partition coefficient (Wildman–Crippen LogP) is 2.63. The van der Waals surface area contributed by atoms with Gasteiger partial charge in [-0.3, -0.25) is 0 Å². The average Bonchev–Trinajstić information content (AvgIpc) is 2.83. The second-order valence-electron chi connectivity index (χ2n) is 4.97. The highest BCUT2D eigenvalue weighted by Gasteiger charge is 2.11. The molecule has 0 amide bonds. The van der Waals surface area contributed by atoms with E-state index in [1.54, 1.807) is 6.07 Å². The van der Waals surface area contributed by atoms with Gasteiger partial charge < -0.3 is 10.5 Å². The Labute approximate surface area is 123 Å². The largest absolute Gasteiger partial charge is 0.484 e. The molecule has 6 heteroatoms. The fraction of sp³-hybridized carbons (Fsp3) is 0.429. The van der Waals surface area contributed by atoms with Crippen LogP contribution in [0.5, 0.6) is 5.75 Å². The zero-order valence-electron chi connectivity index (χ0n) is 11.7. The van der Waals surface area contributed by atoms with Crippen LogP contribution in [0.25, 0.3) is 0 Å². The molecule has 0 saturated carbocycles. The van der Waals surface area contributed by atoms with Crippen LogP contribution in [-0.2, 0) is 19.7 Å². The van der Waals surface area contributed by atoms with Crippen LogP contribution >= 0.6 is 11.6 Å². The summed E-state index contributed by atoms with van der Waals surface area (Å²) in [5.41, 5.74) is 6.57. The van der Waals surface area contributed by atoms with Gasteiger partial charge in [-0.1, -0.05) is 37.6 Å². The first kappa shape index (κ1) is 14.8. The van der Waals surface area contributed by atoms with Gasteiger partial charge in [0.05, 0.1) is 5.02 Å². The van der Waals surface area contributed by atoms with Crippen molar-refractivity contribution in [2.75, 3.05) is 0 Å². The van der Waals surface area contributed by atoms with Crippen molar-refractivity contribution in [2.45, 2.75) is 33.5 Å². The lowest BCUT2D eigenvalue weighted by molar-refractivity contribution is 0.280. The molecule has 0 saturated heterocycles. The Morgan fingerprint density at radius 3 is 2.90 bits per heavy atom. The van der Waals surface area contributed by atoms with Gasteiger partial charge in [-0.25, -0.2) is 9.67 Å². The van der Waals surface area contributed by atoms with E-state index < -0.39 is 0 Å².